The Labute approximate surface area is 167 Å². The molecule has 0 atom stereocenters. The van der Waals surface area contributed by atoms with Crippen molar-refractivity contribution in [1.29, 1.82) is 0 Å². The van der Waals surface area contributed by atoms with Crippen molar-refractivity contribution in [3.63, 3.8) is 0 Å². The van der Waals surface area contributed by atoms with Crippen molar-refractivity contribution in [3.05, 3.63) is 47.5 Å². The van der Waals surface area contributed by atoms with Crippen LogP contribution < -0.4 is 20.5 Å². The summed E-state index contributed by atoms with van der Waals surface area (Å²) >= 11 is 7.30. The Morgan fingerprint density at radius 3 is 2.44 bits per heavy atom. The lowest BCUT2D eigenvalue weighted by Crippen LogP contribution is -2.21. The normalized spacial score (nSPS) is 10.3. The second-order valence-electron chi connectivity index (χ2n) is 5.47. The van der Waals surface area contributed by atoms with E-state index in [1.54, 1.807) is 0 Å². The predicted octanol–water partition coefficient (Wildman–Crippen LogP) is 3.31. The number of primary amides is 1. The highest BCUT2D eigenvalue weighted by molar-refractivity contribution is 8.00. The van der Waals surface area contributed by atoms with Crippen molar-refractivity contribution < 1.29 is 19.1 Å². The molecule has 0 saturated heterocycles. The number of methoxy groups -OCH3 is 2. The number of nitrogens with one attached hydrogen (secondary N) is 1. The molecule has 2 aromatic carbocycles. The molecular formula is C19H21ClN2O4S. The van der Waals surface area contributed by atoms with Gasteiger partial charge in [0.1, 0.15) is 0 Å². The molecular weight excluding hydrogens is 388 g/mol. The van der Waals surface area contributed by atoms with Gasteiger partial charge in [-0.1, -0.05) is 18.2 Å². The van der Waals surface area contributed by atoms with Gasteiger partial charge in [-0.25, -0.2) is 0 Å². The summed E-state index contributed by atoms with van der Waals surface area (Å²) in [4.78, 5) is 25.4. The van der Waals surface area contributed by atoms with E-state index in [-0.39, 0.29) is 23.1 Å². The van der Waals surface area contributed by atoms with Gasteiger partial charge in [0.25, 0.3) is 5.91 Å². The fraction of sp³-hybridized carbons (Fsp3) is 0.263. The molecule has 144 valence electrons. The van der Waals surface area contributed by atoms with E-state index in [2.05, 4.69) is 5.32 Å². The van der Waals surface area contributed by atoms with Gasteiger partial charge in [-0.2, -0.15) is 0 Å². The summed E-state index contributed by atoms with van der Waals surface area (Å²) in [6, 6.07) is 11.0. The predicted molar refractivity (Wildman–Crippen MR) is 108 cm³/mol. The highest BCUT2D eigenvalue weighted by atomic mass is 35.5. The minimum absolute atomic E-state index is 0.144. The van der Waals surface area contributed by atoms with Gasteiger partial charge in [-0.15, -0.1) is 23.4 Å². The molecule has 27 heavy (non-hydrogen) atoms. The van der Waals surface area contributed by atoms with Crippen LogP contribution >= 0.6 is 23.4 Å². The van der Waals surface area contributed by atoms with Crippen LogP contribution in [0.4, 0.5) is 5.69 Å². The van der Waals surface area contributed by atoms with Gasteiger partial charge in [0.2, 0.25) is 5.91 Å². The molecule has 8 heteroatoms. The zero-order valence-corrected chi connectivity index (χ0v) is 16.7. The number of thioether (sulfide) groups is 1. The first-order chi connectivity index (χ1) is 13.0. The minimum atomic E-state index is -0.683. The number of hydrogen-bond acceptors (Lipinski definition) is 5. The average Bonchev–Trinajstić information content (AvgIpc) is 2.67. The van der Waals surface area contributed by atoms with Crippen LogP contribution in [0.1, 0.15) is 15.9 Å². The lowest BCUT2D eigenvalue weighted by molar-refractivity contribution is -0.113. The van der Waals surface area contributed by atoms with Gasteiger partial charge in [0.05, 0.1) is 31.2 Å². The summed E-state index contributed by atoms with van der Waals surface area (Å²) in [6.07, 6.45) is 0.365. The SMILES string of the molecule is COc1cc(C(N)=O)c(NC(=O)CSc2ccccc2)c(CCCl)c1OC. The number of hydrogen-bond donors (Lipinski definition) is 2. The van der Waals surface area contributed by atoms with Gasteiger partial charge in [-0.05, 0) is 24.6 Å². The van der Waals surface area contributed by atoms with Gasteiger partial charge in [-0.3, -0.25) is 9.59 Å². The summed E-state index contributed by atoms with van der Waals surface area (Å²) in [5.41, 5.74) is 6.53. The van der Waals surface area contributed by atoms with Gasteiger partial charge >= 0.3 is 0 Å². The Balaban J connectivity index is 2.34. The Kier molecular flexibility index (Phi) is 7.82. The molecule has 2 aromatic rings. The van der Waals surface area contributed by atoms with E-state index in [0.29, 0.717) is 29.2 Å². The molecule has 0 aliphatic rings. The number of anilines is 1. The average molecular weight is 409 g/mol. The Bertz CT molecular complexity index is 815. The smallest absolute Gasteiger partial charge is 0.250 e. The van der Waals surface area contributed by atoms with Crippen LogP contribution in [-0.4, -0.2) is 37.7 Å². The van der Waals surface area contributed by atoms with Crippen molar-refractivity contribution in [2.45, 2.75) is 11.3 Å². The summed E-state index contributed by atoms with van der Waals surface area (Å²) in [5, 5.41) is 2.79. The second-order valence-corrected chi connectivity index (χ2v) is 6.89. The molecule has 0 fully saturated rings. The molecule has 3 N–H and O–H groups in total. The van der Waals surface area contributed by atoms with Crippen molar-refractivity contribution in [2.24, 2.45) is 5.73 Å². The second kappa shape index (κ2) is 10.1. The monoisotopic (exact) mass is 408 g/mol. The third kappa shape index (κ3) is 5.30. The molecule has 0 heterocycles. The number of benzene rings is 2. The molecule has 0 spiro atoms. The third-order valence-corrected chi connectivity index (χ3v) is 4.96. The molecule has 0 unspecified atom stereocenters. The van der Waals surface area contributed by atoms with E-state index in [1.807, 2.05) is 30.3 Å². The molecule has 0 aliphatic carbocycles. The Morgan fingerprint density at radius 2 is 1.89 bits per heavy atom. The fourth-order valence-electron chi connectivity index (χ4n) is 2.58. The van der Waals surface area contributed by atoms with Crippen LogP contribution in [0.3, 0.4) is 0 Å². The standard InChI is InChI=1S/C19H21ClN2O4S/c1-25-15-10-14(19(21)24)17(13(8-9-20)18(15)26-2)22-16(23)11-27-12-6-4-3-5-7-12/h3-7,10H,8-9,11H2,1-2H3,(H2,21,24)(H,22,23). The number of nitrogens with two attached hydrogens (primary N) is 1. The lowest BCUT2D eigenvalue weighted by Gasteiger charge is -2.19. The number of amides is 2. The third-order valence-electron chi connectivity index (χ3n) is 3.76. The molecule has 0 radical (unpaired) electrons. The number of carbonyl (C=O) groups excluding carboxylic acids is 2. The molecule has 6 nitrogen and oxygen atoms in total. The minimum Gasteiger partial charge on any atom is -0.493 e. The van der Waals surface area contributed by atoms with E-state index in [4.69, 9.17) is 26.8 Å². The summed E-state index contributed by atoms with van der Waals surface area (Å²) in [7, 11) is 2.94. The summed E-state index contributed by atoms with van der Waals surface area (Å²) < 4.78 is 10.7. The van der Waals surface area contributed by atoms with Crippen LogP contribution in [-0.2, 0) is 11.2 Å². The van der Waals surface area contributed by atoms with Crippen LogP contribution in [0.2, 0.25) is 0 Å². The highest BCUT2D eigenvalue weighted by Gasteiger charge is 2.23. The zero-order valence-electron chi connectivity index (χ0n) is 15.1. The van der Waals surface area contributed by atoms with E-state index in [1.165, 1.54) is 32.0 Å². The molecule has 0 saturated carbocycles. The number of halogens is 1. The maximum absolute atomic E-state index is 12.5. The van der Waals surface area contributed by atoms with Gasteiger partial charge in [0, 0.05) is 16.3 Å². The Morgan fingerprint density at radius 1 is 1.19 bits per heavy atom. The number of ether oxygens (including phenoxy) is 2. The quantitative estimate of drug-likeness (QED) is 0.490. The number of carbonyl (C=O) groups is 2. The molecule has 0 aromatic heterocycles. The van der Waals surface area contributed by atoms with E-state index in [9.17, 15) is 9.59 Å². The van der Waals surface area contributed by atoms with Crippen LogP contribution in [0, 0.1) is 0 Å². The number of alkyl halides is 1. The van der Waals surface area contributed by atoms with Gasteiger partial charge in [0.15, 0.2) is 11.5 Å². The number of rotatable bonds is 9. The highest BCUT2D eigenvalue weighted by Crippen LogP contribution is 2.39. The largest absolute Gasteiger partial charge is 0.493 e. The van der Waals surface area contributed by atoms with Crippen LogP contribution in [0.5, 0.6) is 11.5 Å². The van der Waals surface area contributed by atoms with Crippen LogP contribution in [0.15, 0.2) is 41.3 Å². The van der Waals surface area contributed by atoms with E-state index in [0.717, 1.165) is 4.90 Å². The summed E-state index contributed by atoms with van der Waals surface area (Å²) in [6.45, 7) is 0. The Hall–Kier alpha value is -2.38. The summed E-state index contributed by atoms with van der Waals surface area (Å²) in [5.74, 6) is 0.254. The fourth-order valence-corrected chi connectivity index (χ4v) is 3.49. The first-order valence-corrected chi connectivity index (χ1v) is 9.65. The van der Waals surface area contributed by atoms with Crippen molar-refractivity contribution in [1.82, 2.24) is 0 Å². The molecule has 2 amide bonds. The van der Waals surface area contributed by atoms with Crippen molar-refractivity contribution >= 4 is 40.9 Å². The maximum atomic E-state index is 12.5. The molecule has 0 bridgehead atoms. The molecule has 2 rings (SSSR count). The molecule has 0 aliphatic heterocycles. The first kappa shape index (κ1) is 20.9. The van der Waals surface area contributed by atoms with E-state index < -0.39 is 5.91 Å². The maximum Gasteiger partial charge on any atom is 0.250 e. The topological polar surface area (TPSA) is 90.6 Å². The van der Waals surface area contributed by atoms with Crippen LogP contribution in [0.25, 0.3) is 0 Å². The van der Waals surface area contributed by atoms with Crippen molar-refractivity contribution in [2.75, 3.05) is 31.2 Å². The van der Waals surface area contributed by atoms with E-state index >= 15 is 0 Å². The lowest BCUT2D eigenvalue weighted by atomic mass is 10.0. The first-order valence-electron chi connectivity index (χ1n) is 8.13. The van der Waals surface area contributed by atoms with Crippen molar-refractivity contribution in [3.8, 4) is 11.5 Å². The zero-order chi connectivity index (χ0) is 19.8. The van der Waals surface area contributed by atoms with Gasteiger partial charge < -0.3 is 20.5 Å².